The van der Waals surface area contributed by atoms with E-state index in [0.717, 1.165) is 5.06 Å². The van der Waals surface area contributed by atoms with Gasteiger partial charge in [-0.15, -0.1) is 5.06 Å². The molecule has 1 aromatic rings. The van der Waals surface area contributed by atoms with Crippen LogP contribution in [-0.4, -0.2) is 49.9 Å². The summed E-state index contributed by atoms with van der Waals surface area (Å²) in [6.07, 6.45) is -4.02. The molecule has 0 aromatic heterocycles. The number of amides is 1. The van der Waals surface area contributed by atoms with Gasteiger partial charge in [-0.3, -0.25) is 4.79 Å². The zero-order valence-corrected chi connectivity index (χ0v) is 14.7. The molecule has 1 amide bonds. The van der Waals surface area contributed by atoms with Gasteiger partial charge < -0.3 is 14.9 Å². The fourth-order valence-corrected chi connectivity index (χ4v) is 2.71. The van der Waals surface area contributed by atoms with Crippen molar-refractivity contribution >= 4 is 23.5 Å². The first-order valence-corrected chi connectivity index (χ1v) is 8.24. The van der Waals surface area contributed by atoms with E-state index >= 15 is 0 Å². The first-order valence-electron chi connectivity index (χ1n) is 7.86. The Balaban J connectivity index is 1.78. The van der Waals surface area contributed by atoms with Gasteiger partial charge in [-0.1, -0.05) is 11.6 Å². The molecule has 10 heteroatoms. The molecule has 0 radical (unpaired) electrons. The van der Waals surface area contributed by atoms with E-state index in [-0.39, 0.29) is 24.9 Å². The van der Waals surface area contributed by atoms with Gasteiger partial charge in [-0.05, 0) is 37.0 Å². The number of benzene rings is 1. The summed E-state index contributed by atoms with van der Waals surface area (Å²) in [6.45, 7) is 0.721. The molecule has 0 unspecified atom stereocenters. The summed E-state index contributed by atoms with van der Waals surface area (Å²) >= 11 is 5.91. The summed E-state index contributed by atoms with van der Waals surface area (Å²) < 4.78 is 41.6. The highest BCUT2D eigenvalue weighted by Crippen LogP contribution is 2.25. The van der Waals surface area contributed by atoms with Crippen molar-refractivity contribution in [2.24, 2.45) is 5.92 Å². The van der Waals surface area contributed by atoms with Gasteiger partial charge in [0.2, 0.25) is 0 Å². The number of nitrogens with zero attached hydrogens (tertiary/aromatic N) is 1. The predicted molar refractivity (Wildman–Crippen MR) is 86.8 cm³/mol. The van der Waals surface area contributed by atoms with E-state index in [0.29, 0.717) is 35.7 Å². The van der Waals surface area contributed by atoms with Gasteiger partial charge in [0, 0.05) is 25.2 Å². The van der Waals surface area contributed by atoms with Crippen LogP contribution in [0.1, 0.15) is 23.2 Å². The number of hydrogen-bond donors (Lipinski definition) is 1. The van der Waals surface area contributed by atoms with Crippen molar-refractivity contribution in [1.82, 2.24) is 10.4 Å². The number of alkyl halides is 3. The second-order valence-corrected chi connectivity index (χ2v) is 6.22. The molecule has 1 aliphatic heterocycles. The van der Waals surface area contributed by atoms with E-state index in [1.165, 1.54) is 13.2 Å². The third kappa shape index (κ3) is 5.50. The van der Waals surface area contributed by atoms with Crippen LogP contribution in [0.3, 0.4) is 0 Å². The number of piperidine rings is 1. The highest BCUT2D eigenvalue weighted by atomic mass is 35.5. The van der Waals surface area contributed by atoms with Gasteiger partial charge in [0.1, 0.15) is 5.75 Å². The Bertz CT molecular complexity index is 661. The topological polar surface area (TPSA) is 67.9 Å². The average molecular weight is 395 g/mol. The molecule has 1 aromatic carbocycles. The van der Waals surface area contributed by atoms with Gasteiger partial charge in [0.05, 0.1) is 12.1 Å². The van der Waals surface area contributed by atoms with Crippen LogP contribution >= 0.6 is 11.6 Å². The van der Waals surface area contributed by atoms with Crippen LogP contribution < -0.4 is 10.1 Å². The predicted octanol–water partition coefficient (Wildman–Crippen LogP) is 2.81. The Labute approximate surface area is 153 Å². The zero-order valence-electron chi connectivity index (χ0n) is 13.9. The van der Waals surface area contributed by atoms with Crippen molar-refractivity contribution in [2.75, 3.05) is 26.7 Å². The van der Waals surface area contributed by atoms with Crippen LogP contribution in [0.5, 0.6) is 5.75 Å². The maximum atomic E-state index is 12.2. The Morgan fingerprint density at radius 2 is 1.96 bits per heavy atom. The SMILES string of the molecule is COc1cc(C(=O)NCC2CCN(OC(=O)C(F)(F)F)CC2)ccc1Cl. The second kappa shape index (κ2) is 8.59. The number of rotatable bonds is 5. The van der Waals surface area contributed by atoms with Gasteiger partial charge >= 0.3 is 12.1 Å². The van der Waals surface area contributed by atoms with Crippen molar-refractivity contribution in [3.8, 4) is 5.75 Å². The lowest BCUT2D eigenvalue weighted by Gasteiger charge is -2.30. The highest BCUT2D eigenvalue weighted by molar-refractivity contribution is 6.32. The summed E-state index contributed by atoms with van der Waals surface area (Å²) in [5.41, 5.74) is 0.391. The third-order valence-corrected chi connectivity index (χ3v) is 4.29. The second-order valence-electron chi connectivity index (χ2n) is 5.81. The number of hydroxylamine groups is 2. The molecule has 0 bridgehead atoms. The Kier molecular flexibility index (Phi) is 6.71. The van der Waals surface area contributed by atoms with E-state index in [2.05, 4.69) is 10.2 Å². The molecule has 1 aliphatic rings. The van der Waals surface area contributed by atoms with Crippen molar-refractivity contribution in [1.29, 1.82) is 0 Å². The average Bonchev–Trinajstić information content (AvgIpc) is 2.60. The molecule has 6 nitrogen and oxygen atoms in total. The van der Waals surface area contributed by atoms with E-state index < -0.39 is 12.1 Å². The molecular weight excluding hydrogens is 377 g/mol. The fraction of sp³-hybridized carbons (Fsp3) is 0.500. The van der Waals surface area contributed by atoms with E-state index in [1.54, 1.807) is 12.1 Å². The zero-order chi connectivity index (χ0) is 19.3. The van der Waals surface area contributed by atoms with E-state index in [9.17, 15) is 22.8 Å². The minimum absolute atomic E-state index is 0.0778. The van der Waals surface area contributed by atoms with Crippen LogP contribution in [-0.2, 0) is 9.63 Å². The number of methoxy groups -OCH3 is 1. The maximum absolute atomic E-state index is 12.2. The summed E-state index contributed by atoms with van der Waals surface area (Å²) in [6, 6.07) is 4.65. The largest absolute Gasteiger partial charge is 0.495 e. The van der Waals surface area contributed by atoms with E-state index in [4.69, 9.17) is 16.3 Å². The molecule has 1 heterocycles. The van der Waals surface area contributed by atoms with Crippen LogP contribution in [0.4, 0.5) is 13.2 Å². The number of nitrogens with one attached hydrogen (secondary N) is 1. The summed E-state index contributed by atoms with van der Waals surface area (Å²) in [4.78, 5) is 27.3. The van der Waals surface area contributed by atoms with Crippen LogP contribution in [0, 0.1) is 5.92 Å². The number of ether oxygens (including phenoxy) is 1. The van der Waals surface area contributed by atoms with Crippen LogP contribution in [0.2, 0.25) is 5.02 Å². The van der Waals surface area contributed by atoms with Gasteiger partial charge in [0.15, 0.2) is 0 Å². The van der Waals surface area contributed by atoms with Gasteiger partial charge in [-0.2, -0.15) is 13.2 Å². The molecule has 0 aliphatic carbocycles. The standard InChI is InChI=1S/C16H18ClF3N2O4/c1-25-13-8-11(2-3-12(13)17)14(23)21-9-10-4-6-22(7-5-10)26-15(24)16(18,19)20/h2-3,8,10H,4-7,9H2,1H3,(H,21,23). The Morgan fingerprint density at radius 1 is 1.31 bits per heavy atom. The number of hydrogen-bond acceptors (Lipinski definition) is 5. The molecule has 1 N–H and O–H groups in total. The lowest BCUT2D eigenvalue weighted by Crippen LogP contribution is -2.42. The first-order chi connectivity index (χ1) is 12.2. The number of halogens is 4. The lowest BCUT2D eigenvalue weighted by atomic mass is 9.98. The molecule has 0 spiro atoms. The molecule has 1 saturated heterocycles. The fourth-order valence-electron chi connectivity index (χ4n) is 2.51. The Hall–Kier alpha value is -2.00. The summed E-state index contributed by atoms with van der Waals surface area (Å²) in [5.74, 6) is -2.06. The monoisotopic (exact) mass is 394 g/mol. The minimum atomic E-state index is -5.01. The summed E-state index contributed by atoms with van der Waals surface area (Å²) in [7, 11) is 1.45. The molecule has 1 fully saturated rings. The van der Waals surface area contributed by atoms with Gasteiger partial charge in [-0.25, -0.2) is 4.79 Å². The molecule has 0 saturated carbocycles. The number of carbonyl (C=O) groups excluding carboxylic acids is 2. The molecule has 144 valence electrons. The molecular formula is C16H18ClF3N2O4. The minimum Gasteiger partial charge on any atom is -0.495 e. The lowest BCUT2D eigenvalue weighted by molar-refractivity contribution is -0.242. The van der Waals surface area contributed by atoms with Crippen molar-refractivity contribution < 1.29 is 32.3 Å². The van der Waals surface area contributed by atoms with Crippen molar-refractivity contribution in [3.63, 3.8) is 0 Å². The van der Waals surface area contributed by atoms with Crippen LogP contribution in [0.15, 0.2) is 18.2 Å². The number of carbonyl (C=O) groups is 2. The van der Waals surface area contributed by atoms with Gasteiger partial charge in [0.25, 0.3) is 5.91 Å². The normalized spacial score (nSPS) is 16.2. The molecule has 0 atom stereocenters. The summed E-state index contributed by atoms with van der Waals surface area (Å²) in [5, 5.41) is 4.17. The third-order valence-electron chi connectivity index (χ3n) is 3.98. The smallest absolute Gasteiger partial charge is 0.492 e. The van der Waals surface area contributed by atoms with Crippen LogP contribution in [0.25, 0.3) is 0 Å². The van der Waals surface area contributed by atoms with Crippen molar-refractivity contribution in [2.45, 2.75) is 19.0 Å². The van der Waals surface area contributed by atoms with E-state index in [1.807, 2.05) is 0 Å². The quantitative estimate of drug-likeness (QED) is 0.831. The highest BCUT2D eigenvalue weighted by Gasteiger charge is 2.42. The first kappa shape index (κ1) is 20.3. The molecule has 26 heavy (non-hydrogen) atoms. The molecule has 2 rings (SSSR count). The maximum Gasteiger partial charge on any atom is 0.492 e. The Morgan fingerprint density at radius 3 is 2.54 bits per heavy atom. The van der Waals surface area contributed by atoms with Crippen molar-refractivity contribution in [3.05, 3.63) is 28.8 Å².